The van der Waals surface area contributed by atoms with E-state index in [0.29, 0.717) is 11.6 Å². The lowest BCUT2D eigenvalue weighted by Gasteiger charge is -1.99. The molecule has 0 amide bonds. The molecule has 0 saturated heterocycles. The molecule has 1 N–H and O–H groups in total. The summed E-state index contributed by atoms with van der Waals surface area (Å²) in [5, 5.41) is 14.2. The van der Waals surface area contributed by atoms with Gasteiger partial charge in [-0.1, -0.05) is 12.1 Å². The highest BCUT2D eigenvalue weighted by atomic mass is 127. The van der Waals surface area contributed by atoms with E-state index < -0.39 is 0 Å². The summed E-state index contributed by atoms with van der Waals surface area (Å²) in [6.07, 6.45) is 3.21. The molecule has 2 heterocycles. The average Bonchev–Trinajstić information content (AvgIpc) is 2.83. The third kappa shape index (κ3) is 2.43. The molecule has 0 bridgehead atoms. The summed E-state index contributed by atoms with van der Waals surface area (Å²) >= 11 is 2.24. The van der Waals surface area contributed by atoms with Crippen LogP contribution < -0.4 is 0 Å². The van der Waals surface area contributed by atoms with Crippen LogP contribution in [0.15, 0.2) is 48.8 Å². The molecule has 0 radical (unpaired) electrons. The molecule has 6 heteroatoms. The Morgan fingerprint density at radius 3 is 2.42 bits per heavy atom. The Hall–Kier alpha value is -1.96. The molecule has 5 nitrogen and oxygen atoms in total. The molecule has 0 saturated carbocycles. The number of rotatable bonds is 2. The van der Waals surface area contributed by atoms with Gasteiger partial charge in [0.1, 0.15) is 0 Å². The van der Waals surface area contributed by atoms with Crippen molar-refractivity contribution in [2.24, 2.45) is 0 Å². The number of hydrogen-bond donors (Lipinski definition) is 1. The van der Waals surface area contributed by atoms with Gasteiger partial charge < -0.3 is 5.11 Å². The van der Waals surface area contributed by atoms with E-state index in [4.69, 9.17) is 0 Å². The zero-order valence-corrected chi connectivity index (χ0v) is 11.9. The molecule has 0 spiro atoms. The molecule has 19 heavy (non-hydrogen) atoms. The number of aromatic hydroxyl groups is 1. The van der Waals surface area contributed by atoms with Crippen LogP contribution in [0, 0.1) is 3.57 Å². The minimum absolute atomic E-state index is 0.0137. The van der Waals surface area contributed by atoms with E-state index in [0.717, 1.165) is 9.13 Å². The van der Waals surface area contributed by atoms with Gasteiger partial charge in [-0.3, -0.25) is 0 Å². The minimum Gasteiger partial charge on any atom is -0.493 e. The van der Waals surface area contributed by atoms with E-state index in [9.17, 15) is 5.11 Å². The predicted molar refractivity (Wildman–Crippen MR) is 79.0 cm³/mol. The standard InChI is InChI=1S/C13H9IN4O/c14-10-4-2-9(3-5-10)11-8-12(19)18(17-11)13-15-6-1-7-16-13/h1-8,19H. The Morgan fingerprint density at radius 2 is 1.74 bits per heavy atom. The summed E-state index contributed by atoms with van der Waals surface area (Å²) in [5.74, 6) is 0.358. The van der Waals surface area contributed by atoms with Crippen LogP contribution in [0.4, 0.5) is 0 Å². The number of aromatic nitrogens is 4. The molecule has 3 rings (SSSR count). The molecule has 0 atom stereocenters. The van der Waals surface area contributed by atoms with E-state index in [1.54, 1.807) is 24.5 Å². The van der Waals surface area contributed by atoms with E-state index >= 15 is 0 Å². The molecule has 0 aliphatic rings. The first kappa shape index (κ1) is 12.1. The van der Waals surface area contributed by atoms with Gasteiger partial charge in [-0.2, -0.15) is 9.78 Å². The molecule has 2 aromatic heterocycles. The summed E-state index contributed by atoms with van der Waals surface area (Å²) in [5.41, 5.74) is 1.62. The topological polar surface area (TPSA) is 63.8 Å². The minimum atomic E-state index is 0.0137. The Kier molecular flexibility index (Phi) is 3.16. The zero-order valence-electron chi connectivity index (χ0n) is 9.73. The fourth-order valence-electron chi connectivity index (χ4n) is 1.68. The summed E-state index contributed by atoms with van der Waals surface area (Å²) in [6.45, 7) is 0. The molecule has 0 unspecified atom stereocenters. The third-order valence-corrected chi connectivity index (χ3v) is 3.29. The molecule has 0 aliphatic heterocycles. The second kappa shape index (κ2) is 4.96. The Labute approximate surface area is 123 Å². The average molecular weight is 364 g/mol. The van der Waals surface area contributed by atoms with Crippen molar-refractivity contribution in [1.82, 2.24) is 19.7 Å². The molecule has 0 fully saturated rings. The predicted octanol–water partition coefficient (Wildman–Crippen LogP) is 2.64. The third-order valence-electron chi connectivity index (χ3n) is 2.57. The first-order chi connectivity index (χ1) is 9.24. The highest BCUT2D eigenvalue weighted by Crippen LogP contribution is 2.24. The maximum atomic E-state index is 9.92. The molecule has 94 valence electrons. The maximum Gasteiger partial charge on any atom is 0.253 e. The first-order valence-electron chi connectivity index (χ1n) is 5.56. The maximum absolute atomic E-state index is 9.92. The largest absolute Gasteiger partial charge is 0.493 e. The highest BCUT2D eigenvalue weighted by Gasteiger charge is 2.11. The van der Waals surface area contributed by atoms with Crippen molar-refractivity contribution in [3.8, 4) is 23.1 Å². The van der Waals surface area contributed by atoms with Gasteiger partial charge in [0.25, 0.3) is 5.95 Å². The van der Waals surface area contributed by atoms with Gasteiger partial charge in [0, 0.05) is 27.6 Å². The fraction of sp³-hybridized carbons (Fsp3) is 0. The van der Waals surface area contributed by atoms with Crippen molar-refractivity contribution in [1.29, 1.82) is 0 Å². The number of hydrogen-bond acceptors (Lipinski definition) is 4. The smallest absolute Gasteiger partial charge is 0.253 e. The van der Waals surface area contributed by atoms with E-state index in [2.05, 4.69) is 37.7 Å². The van der Waals surface area contributed by atoms with Crippen LogP contribution in [0.25, 0.3) is 17.2 Å². The summed E-state index contributed by atoms with van der Waals surface area (Å²) < 4.78 is 2.46. The fourth-order valence-corrected chi connectivity index (χ4v) is 2.04. The molecule has 0 aliphatic carbocycles. The van der Waals surface area contributed by atoms with E-state index in [-0.39, 0.29) is 5.88 Å². The van der Waals surface area contributed by atoms with Gasteiger partial charge in [0.15, 0.2) is 0 Å². The summed E-state index contributed by atoms with van der Waals surface area (Å²) in [4.78, 5) is 8.12. The van der Waals surface area contributed by atoms with Gasteiger partial charge in [0.2, 0.25) is 5.88 Å². The van der Waals surface area contributed by atoms with Gasteiger partial charge in [0.05, 0.1) is 5.69 Å². The SMILES string of the molecule is Oc1cc(-c2ccc(I)cc2)nn1-c1ncccn1. The Morgan fingerprint density at radius 1 is 1.05 bits per heavy atom. The van der Waals surface area contributed by atoms with Crippen molar-refractivity contribution in [2.75, 3.05) is 0 Å². The Balaban J connectivity index is 2.04. The lowest BCUT2D eigenvalue weighted by Crippen LogP contribution is -2.01. The van der Waals surface area contributed by atoms with Crippen LogP contribution in [-0.2, 0) is 0 Å². The molecule has 1 aromatic carbocycles. The van der Waals surface area contributed by atoms with Crippen molar-refractivity contribution < 1.29 is 5.11 Å². The van der Waals surface area contributed by atoms with Crippen LogP contribution in [0.5, 0.6) is 5.88 Å². The Bertz CT molecular complexity index is 694. The van der Waals surface area contributed by atoms with Crippen LogP contribution in [0.2, 0.25) is 0 Å². The normalized spacial score (nSPS) is 10.6. The van der Waals surface area contributed by atoms with Crippen LogP contribution in [0.3, 0.4) is 0 Å². The lowest BCUT2D eigenvalue weighted by atomic mass is 10.2. The highest BCUT2D eigenvalue weighted by molar-refractivity contribution is 14.1. The zero-order chi connectivity index (χ0) is 13.2. The first-order valence-corrected chi connectivity index (χ1v) is 6.64. The van der Waals surface area contributed by atoms with Crippen molar-refractivity contribution >= 4 is 22.6 Å². The number of nitrogens with zero attached hydrogens (tertiary/aromatic N) is 4. The molecular formula is C13H9IN4O. The van der Waals surface area contributed by atoms with Crippen molar-refractivity contribution in [3.63, 3.8) is 0 Å². The van der Waals surface area contributed by atoms with Crippen LogP contribution in [-0.4, -0.2) is 24.9 Å². The van der Waals surface area contributed by atoms with E-state index in [1.807, 2.05) is 24.3 Å². The lowest BCUT2D eigenvalue weighted by molar-refractivity contribution is 0.430. The quantitative estimate of drug-likeness (QED) is 0.711. The number of halogens is 1. The summed E-state index contributed by atoms with van der Waals surface area (Å²) in [6, 6.07) is 11.2. The van der Waals surface area contributed by atoms with Crippen LogP contribution in [0.1, 0.15) is 0 Å². The monoisotopic (exact) mass is 364 g/mol. The second-order valence-corrected chi connectivity index (χ2v) is 5.10. The van der Waals surface area contributed by atoms with E-state index in [1.165, 1.54) is 4.68 Å². The van der Waals surface area contributed by atoms with Gasteiger partial charge in [-0.05, 0) is 40.8 Å². The van der Waals surface area contributed by atoms with Gasteiger partial charge in [-0.15, -0.1) is 0 Å². The van der Waals surface area contributed by atoms with Crippen molar-refractivity contribution in [3.05, 3.63) is 52.4 Å². The number of benzene rings is 1. The van der Waals surface area contributed by atoms with Crippen molar-refractivity contribution in [2.45, 2.75) is 0 Å². The van der Waals surface area contributed by atoms with Gasteiger partial charge in [-0.25, -0.2) is 9.97 Å². The van der Waals surface area contributed by atoms with Crippen LogP contribution >= 0.6 is 22.6 Å². The summed E-state index contributed by atoms with van der Waals surface area (Å²) in [7, 11) is 0. The molecular weight excluding hydrogens is 355 g/mol. The molecule has 3 aromatic rings. The second-order valence-electron chi connectivity index (χ2n) is 3.86. The van der Waals surface area contributed by atoms with Gasteiger partial charge >= 0.3 is 0 Å².